The Balaban J connectivity index is 1.67. The monoisotopic (exact) mass is 433 g/mol. The van der Waals surface area contributed by atoms with Gasteiger partial charge < -0.3 is 20.9 Å². The standard InChI is InChI=1S/C23H23N5O2S/c1-21(24)19(29)28-18-22(12-23(28,31)20(30)27(21)2,14-8-4-6-10-17(14)26-18)15-11-25-16-9-5-3-7-13(15)16/h3-11,18,25-26,31H,12,24H2,1-2H3/t18-,21?,22-,23+/m1/s1. The van der Waals surface area contributed by atoms with Crippen molar-refractivity contribution in [2.75, 3.05) is 12.4 Å². The maximum Gasteiger partial charge on any atom is 0.266 e. The number of fused-ring (bicyclic) bond motifs is 6. The molecule has 0 aliphatic carbocycles. The predicted octanol–water partition coefficient (Wildman–Crippen LogP) is 2.21. The SMILES string of the molecule is CN1C(=O)[C@@]2(S)C[C@]3(c4c[nH]c5ccccc45)c4ccccc4N[C@@H]3N2C(=O)C1(C)N. The summed E-state index contributed by atoms with van der Waals surface area (Å²) < 4.78 is 0. The van der Waals surface area contributed by atoms with Gasteiger partial charge in [-0.2, -0.15) is 0 Å². The van der Waals surface area contributed by atoms with Gasteiger partial charge in [-0.3, -0.25) is 14.5 Å². The fourth-order valence-electron chi connectivity index (χ4n) is 5.74. The van der Waals surface area contributed by atoms with Gasteiger partial charge in [0, 0.05) is 36.3 Å². The average molecular weight is 434 g/mol. The molecule has 0 spiro atoms. The quantitative estimate of drug-likeness (QED) is 0.443. The third kappa shape index (κ3) is 2.00. The molecule has 2 amide bonds. The summed E-state index contributed by atoms with van der Waals surface area (Å²) in [5, 5.41) is 4.60. The van der Waals surface area contributed by atoms with Crippen LogP contribution in [0.1, 0.15) is 24.5 Å². The van der Waals surface area contributed by atoms with Gasteiger partial charge in [0.15, 0.2) is 10.5 Å². The van der Waals surface area contributed by atoms with Crippen molar-refractivity contribution in [1.29, 1.82) is 0 Å². The van der Waals surface area contributed by atoms with Crippen LogP contribution in [0.4, 0.5) is 5.69 Å². The lowest BCUT2D eigenvalue weighted by Crippen LogP contribution is -2.76. The summed E-state index contributed by atoms with van der Waals surface area (Å²) in [5.74, 6) is -0.593. The maximum absolute atomic E-state index is 13.7. The van der Waals surface area contributed by atoms with Gasteiger partial charge >= 0.3 is 0 Å². The number of rotatable bonds is 1. The van der Waals surface area contributed by atoms with Gasteiger partial charge in [0.25, 0.3) is 11.8 Å². The molecule has 2 saturated heterocycles. The lowest BCUT2D eigenvalue weighted by molar-refractivity contribution is -0.168. The molecular formula is C23H23N5O2S. The minimum atomic E-state index is -1.45. The van der Waals surface area contributed by atoms with Crippen molar-refractivity contribution in [3.63, 3.8) is 0 Å². The number of carbonyl (C=O) groups excluding carboxylic acids is 2. The molecule has 2 aromatic carbocycles. The highest BCUT2D eigenvalue weighted by Crippen LogP contribution is 2.61. The highest BCUT2D eigenvalue weighted by atomic mass is 32.1. The summed E-state index contributed by atoms with van der Waals surface area (Å²) in [5.41, 5.74) is 8.29. The van der Waals surface area contributed by atoms with Crippen molar-refractivity contribution >= 4 is 41.0 Å². The number of benzene rings is 2. The number of H-pyrrole nitrogens is 1. The summed E-state index contributed by atoms with van der Waals surface area (Å²) in [7, 11) is 1.57. The fourth-order valence-corrected chi connectivity index (χ4v) is 6.34. The van der Waals surface area contributed by atoms with Gasteiger partial charge in [-0.1, -0.05) is 36.4 Å². The molecule has 3 aliphatic heterocycles. The van der Waals surface area contributed by atoms with E-state index in [4.69, 9.17) is 18.4 Å². The van der Waals surface area contributed by atoms with Crippen LogP contribution in [0.5, 0.6) is 0 Å². The number of hydrogen-bond acceptors (Lipinski definition) is 5. The van der Waals surface area contributed by atoms with Gasteiger partial charge in [-0.05, 0) is 30.2 Å². The molecule has 4 heterocycles. The van der Waals surface area contributed by atoms with E-state index in [0.29, 0.717) is 6.42 Å². The van der Waals surface area contributed by atoms with Crippen molar-refractivity contribution in [3.05, 3.63) is 65.9 Å². The third-order valence-corrected chi connectivity index (χ3v) is 7.98. The number of aromatic amines is 1. The zero-order valence-electron chi connectivity index (χ0n) is 17.2. The summed E-state index contributed by atoms with van der Waals surface area (Å²) in [4.78, 5) is 32.2. The Morgan fingerprint density at radius 3 is 2.58 bits per heavy atom. The van der Waals surface area contributed by atoms with Crippen LogP contribution >= 0.6 is 12.6 Å². The highest BCUT2D eigenvalue weighted by Gasteiger charge is 2.72. The summed E-state index contributed by atoms with van der Waals surface area (Å²) in [6.45, 7) is 1.58. The third-order valence-electron chi connectivity index (χ3n) is 7.41. The maximum atomic E-state index is 13.7. The predicted molar refractivity (Wildman–Crippen MR) is 121 cm³/mol. The van der Waals surface area contributed by atoms with Gasteiger partial charge in [0.2, 0.25) is 0 Å². The second kappa shape index (κ2) is 5.63. The number of likely N-dealkylation sites (N-methyl/N-ethyl adjacent to an activating group) is 1. The topological polar surface area (TPSA) is 94.5 Å². The molecule has 3 aliphatic rings. The number of para-hydroxylation sites is 2. The Morgan fingerprint density at radius 1 is 1.06 bits per heavy atom. The number of nitrogens with two attached hydrogens (primary N) is 1. The van der Waals surface area contributed by atoms with Crippen LogP contribution in [0.15, 0.2) is 54.7 Å². The molecular weight excluding hydrogens is 410 g/mol. The number of amides is 2. The number of anilines is 1. The van der Waals surface area contributed by atoms with E-state index >= 15 is 0 Å². The molecule has 158 valence electrons. The summed E-state index contributed by atoms with van der Waals surface area (Å²) in [6, 6.07) is 16.1. The van der Waals surface area contributed by atoms with E-state index in [1.165, 1.54) is 4.90 Å². The van der Waals surface area contributed by atoms with E-state index in [0.717, 1.165) is 27.7 Å². The van der Waals surface area contributed by atoms with E-state index < -0.39 is 22.1 Å². The van der Waals surface area contributed by atoms with Crippen molar-refractivity contribution < 1.29 is 9.59 Å². The van der Waals surface area contributed by atoms with E-state index in [1.54, 1.807) is 18.9 Å². The van der Waals surface area contributed by atoms with E-state index in [-0.39, 0.29) is 11.8 Å². The first-order chi connectivity index (χ1) is 14.7. The number of nitrogens with zero attached hydrogens (tertiary/aromatic N) is 2. The number of carbonyl (C=O) groups is 2. The Bertz CT molecular complexity index is 1290. The van der Waals surface area contributed by atoms with Crippen molar-refractivity contribution in [2.45, 2.75) is 35.5 Å². The zero-order valence-corrected chi connectivity index (χ0v) is 18.1. The molecule has 31 heavy (non-hydrogen) atoms. The Kier molecular flexibility index (Phi) is 3.41. The molecule has 0 bridgehead atoms. The largest absolute Gasteiger partial charge is 0.364 e. The van der Waals surface area contributed by atoms with Crippen LogP contribution in [-0.2, 0) is 15.0 Å². The Morgan fingerprint density at radius 2 is 1.77 bits per heavy atom. The first kappa shape index (κ1) is 18.8. The Hall–Kier alpha value is -2.97. The molecule has 4 atom stereocenters. The molecule has 1 aromatic heterocycles. The minimum Gasteiger partial charge on any atom is -0.364 e. The number of aromatic nitrogens is 1. The molecule has 2 fully saturated rings. The minimum absolute atomic E-state index is 0.270. The summed E-state index contributed by atoms with van der Waals surface area (Å²) in [6.07, 6.45) is 1.84. The number of hydrogen-bond donors (Lipinski definition) is 4. The van der Waals surface area contributed by atoms with Gasteiger partial charge in [0.1, 0.15) is 6.17 Å². The van der Waals surface area contributed by atoms with Gasteiger partial charge in [-0.25, -0.2) is 0 Å². The molecule has 7 nitrogen and oxygen atoms in total. The van der Waals surface area contributed by atoms with E-state index in [9.17, 15) is 9.59 Å². The molecule has 0 radical (unpaired) electrons. The van der Waals surface area contributed by atoms with Gasteiger partial charge in [0.05, 0.1) is 5.41 Å². The first-order valence-corrected chi connectivity index (χ1v) is 10.7. The lowest BCUT2D eigenvalue weighted by atomic mass is 9.72. The molecule has 3 aromatic rings. The molecule has 6 rings (SSSR count). The normalized spacial score (nSPS) is 34.0. The molecule has 0 saturated carbocycles. The van der Waals surface area contributed by atoms with Crippen molar-refractivity contribution in [3.8, 4) is 0 Å². The smallest absolute Gasteiger partial charge is 0.266 e. The number of piperazine rings is 1. The van der Waals surface area contributed by atoms with Crippen molar-refractivity contribution in [2.24, 2.45) is 5.73 Å². The fraction of sp³-hybridized carbons (Fsp3) is 0.304. The van der Waals surface area contributed by atoms with Crippen LogP contribution in [0.25, 0.3) is 10.9 Å². The molecule has 4 N–H and O–H groups in total. The molecule has 1 unspecified atom stereocenters. The number of nitrogens with one attached hydrogen (secondary N) is 2. The van der Waals surface area contributed by atoms with Crippen LogP contribution < -0.4 is 11.1 Å². The average Bonchev–Trinajstić information content (AvgIpc) is 3.39. The second-order valence-electron chi connectivity index (χ2n) is 8.99. The second-order valence-corrected chi connectivity index (χ2v) is 9.73. The van der Waals surface area contributed by atoms with Gasteiger partial charge in [-0.15, -0.1) is 12.6 Å². The highest BCUT2D eigenvalue weighted by molar-refractivity contribution is 7.82. The van der Waals surface area contributed by atoms with Crippen LogP contribution in [0, 0.1) is 0 Å². The van der Waals surface area contributed by atoms with E-state index in [1.807, 2.05) is 42.6 Å². The summed E-state index contributed by atoms with van der Waals surface area (Å²) >= 11 is 4.88. The van der Waals surface area contributed by atoms with Crippen LogP contribution in [0.3, 0.4) is 0 Å². The Labute approximate surface area is 185 Å². The zero-order chi connectivity index (χ0) is 21.8. The van der Waals surface area contributed by atoms with Crippen LogP contribution in [-0.4, -0.2) is 50.3 Å². The lowest BCUT2D eigenvalue weighted by Gasteiger charge is -2.50. The number of thiol groups is 1. The van der Waals surface area contributed by atoms with Crippen molar-refractivity contribution in [1.82, 2.24) is 14.8 Å². The first-order valence-electron chi connectivity index (χ1n) is 10.3. The van der Waals surface area contributed by atoms with E-state index in [2.05, 4.69) is 22.4 Å². The molecule has 8 heteroatoms. The van der Waals surface area contributed by atoms with Crippen LogP contribution in [0.2, 0.25) is 0 Å².